The molecule has 0 amide bonds. The summed E-state index contributed by atoms with van der Waals surface area (Å²) < 4.78 is 33.7. The first-order chi connectivity index (χ1) is 6.16. The molecule has 1 aromatic rings. The Bertz CT molecular complexity index is 208. The van der Waals surface area contributed by atoms with Gasteiger partial charge in [-0.3, -0.25) is 12.9 Å². The summed E-state index contributed by atoms with van der Waals surface area (Å²) in [6, 6.07) is 9.95. The third-order valence-electron chi connectivity index (χ3n) is 1.11. The van der Waals surface area contributed by atoms with Crippen LogP contribution in [0.4, 0.5) is 12.9 Å². The fourth-order valence-corrected chi connectivity index (χ4v) is 0.692. The molecule has 0 N–H and O–H groups in total. The Morgan fingerprint density at radius 2 is 1.57 bits per heavy atom. The quantitative estimate of drug-likeness (QED) is 0.506. The van der Waals surface area contributed by atoms with Crippen LogP contribution in [0.5, 0.6) is 0 Å². The second-order valence-electron chi connectivity index (χ2n) is 2.08. The predicted molar refractivity (Wildman–Crippen MR) is 45.7 cm³/mol. The monoisotopic (exact) mass is 228 g/mol. The standard InChI is InChI=1S/C8H9O.BF3.K/c1-9-7-8-5-3-2-4-6-8;2-1(3)4;/h2-6H,1,7H2;;/q-1;;+1. The van der Waals surface area contributed by atoms with Crippen LogP contribution in [0.1, 0.15) is 5.56 Å². The van der Waals surface area contributed by atoms with Crippen LogP contribution in [0.3, 0.4) is 0 Å². The fourth-order valence-electron chi connectivity index (χ4n) is 0.692. The van der Waals surface area contributed by atoms with Crippen molar-refractivity contribution < 1.29 is 69.1 Å². The minimum absolute atomic E-state index is 0. The molecule has 1 rings (SSSR count). The van der Waals surface area contributed by atoms with E-state index in [1.54, 1.807) is 0 Å². The SMILES string of the molecule is FB(F)F.[CH2-]OCc1ccccc1.[K+]. The van der Waals surface area contributed by atoms with E-state index in [-0.39, 0.29) is 51.4 Å². The smallest absolute Gasteiger partial charge is 0.552 e. The summed E-state index contributed by atoms with van der Waals surface area (Å²) in [5.74, 6) is 0. The maximum atomic E-state index is 9.67. The first-order valence-electron chi connectivity index (χ1n) is 3.50. The largest absolute Gasteiger partial charge is 1.00 e. The number of ether oxygens (including phenoxy) is 1. The average Bonchev–Trinajstić information content (AvgIpc) is 2.06. The van der Waals surface area contributed by atoms with Gasteiger partial charge in [0.1, 0.15) is 0 Å². The Kier molecular flexibility index (Phi) is 14.3. The zero-order valence-electron chi connectivity index (χ0n) is 7.92. The molecule has 14 heavy (non-hydrogen) atoms. The second-order valence-corrected chi connectivity index (χ2v) is 2.08. The summed E-state index contributed by atoms with van der Waals surface area (Å²) in [5, 5.41) is 0. The van der Waals surface area contributed by atoms with Gasteiger partial charge in [-0.25, -0.2) is 7.11 Å². The number of benzene rings is 1. The first kappa shape index (κ1) is 17.1. The Labute approximate surface area is 125 Å². The van der Waals surface area contributed by atoms with Crippen molar-refractivity contribution in [1.29, 1.82) is 0 Å². The van der Waals surface area contributed by atoms with Crippen molar-refractivity contribution in [1.82, 2.24) is 0 Å². The van der Waals surface area contributed by atoms with Crippen molar-refractivity contribution in [2.45, 2.75) is 6.61 Å². The Morgan fingerprint density at radius 3 is 1.93 bits per heavy atom. The topological polar surface area (TPSA) is 9.23 Å². The maximum absolute atomic E-state index is 9.67. The third-order valence-corrected chi connectivity index (χ3v) is 1.11. The van der Waals surface area contributed by atoms with E-state index >= 15 is 0 Å². The fraction of sp³-hybridized carbons (Fsp3) is 0.125. The van der Waals surface area contributed by atoms with Gasteiger partial charge in [0.2, 0.25) is 0 Å². The molecule has 0 aliphatic rings. The van der Waals surface area contributed by atoms with Crippen LogP contribution in [-0.4, -0.2) is 7.54 Å². The van der Waals surface area contributed by atoms with Crippen LogP contribution in [0.2, 0.25) is 0 Å². The van der Waals surface area contributed by atoms with E-state index in [0.29, 0.717) is 6.61 Å². The van der Waals surface area contributed by atoms with Crippen LogP contribution < -0.4 is 51.4 Å². The molecule has 0 saturated heterocycles. The van der Waals surface area contributed by atoms with Crippen molar-refractivity contribution in [2.24, 2.45) is 0 Å². The number of halogens is 3. The van der Waals surface area contributed by atoms with Crippen LogP contribution >= 0.6 is 0 Å². The average molecular weight is 228 g/mol. The van der Waals surface area contributed by atoms with Gasteiger partial charge in [0, 0.05) is 6.61 Å². The van der Waals surface area contributed by atoms with Crippen molar-refractivity contribution in [2.75, 3.05) is 0 Å². The first-order valence-corrected chi connectivity index (χ1v) is 3.50. The van der Waals surface area contributed by atoms with E-state index in [1.165, 1.54) is 0 Å². The van der Waals surface area contributed by atoms with Crippen molar-refractivity contribution in [3.8, 4) is 0 Å². The summed E-state index contributed by atoms with van der Waals surface area (Å²) in [6.45, 7) is 0.598. The van der Waals surface area contributed by atoms with Gasteiger partial charge in [-0.1, -0.05) is 30.3 Å². The maximum Gasteiger partial charge on any atom is 1.00 e. The van der Waals surface area contributed by atoms with Crippen LogP contribution in [0, 0.1) is 7.11 Å². The van der Waals surface area contributed by atoms with Gasteiger partial charge >= 0.3 is 58.9 Å². The predicted octanol–water partition coefficient (Wildman–Crippen LogP) is -0.121. The molecule has 0 fully saturated rings. The van der Waals surface area contributed by atoms with Crippen LogP contribution in [0.15, 0.2) is 30.3 Å². The van der Waals surface area contributed by atoms with Gasteiger partial charge in [0.05, 0.1) is 0 Å². The van der Waals surface area contributed by atoms with E-state index in [0.717, 1.165) is 5.56 Å². The minimum atomic E-state index is -3.67. The molecular formula is C8H9BF3KO. The van der Waals surface area contributed by atoms with Crippen LogP contribution in [-0.2, 0) is 11.3 Å². The molecule has 0 radical (unpaired) electrons. The molecule has 0 atom stereocenters. The molecule has 0 heterocycles. The molecule has 1 nitrogen and oxygen atoms in total. The zero-order chi connectivity index (χ0) is 10.1. The molecule has 0 aliphatic carbocycles. The second kappa shape index (κ2) is 11.7. The van der Waals surface area contributed by atoms with Gasteiger partial charge in [0.25, 0.3) is 0 Å². The number of hydrogen-bond donors (Lipinski definition) is 0. The Hall–Kier alpha value is 0.671. The molecule has 0 unspecified atom stereocenters. The number of rotatable bonds is 2. The molecule has 0 bridgehead atoms. The van der Waals surface area contributed by atoms with Gasteiger partial charge in [-0.2, -0.15) is 0 Å². The Morgan fingerprint density at radius 1 is 1.14 bits per heavy atom. The zero-order valence-corrected chi connectivity index (χ0v) is 11.0. The van der Waals surface area contributed by atoms with Gasteiger partial charge in [-0.15, -0.1) is 0 Å². The summed E-state index contributed by atoms with van der Waals surface area (Å²) >= 11 is 0. The summed E-state index contributed by atoms with van der Waals surface area (Å²) in [4.78, 5) is 0. The van der Waals surface area contributed by atoms with E-state index in [1.807, 2.05) is 30.3 Å². The number of hydrogen-bond acceptors (Lipinski definition) is 1. The van der Waals surface area contributed by atoms with Crippen molar-refractivity contribution >= 4 is 7.54 Å². The van der Waals surface area contributed by atoms with E-state index < -0.39 is 7.54 Å². The summed E-state index contributed by atoms with van der Waals surface area (Å²) in [5.41, 5.74) is 1.16. The molecular weight excluding hydrogens is 219 g/mol. The summed E-state index contributed by atoms with van der Waals surface area (Å²) in [7, 11) is -0.386. The van der Waals surface area contributed by atoms with E-state index in [9.17, 15) is 12.9 Å². The van der Waals surface area contributed by atoms with Crippen molar-refractivity contribution in [3.63, 3.8) is 0 Å². The molecule has 0 aromatic heterocycles. The van der Waals surface area contributed by atoms with E-state index in [2.05, 4.69) is 11.8 Å². The van der Waals surface area contributed by atoms with Crippen molar-refractivity contribution in [3.05, 3.63) is 43.0 Å². The third kappa shape index (κ3) is 12.7. The normalized spacial score (nSPS) is 8.00. The van der Waals surface area contributed by atoms with Gasteiger partial charge in [0.15, 0.2) is 0 Å². The van der Waals surface area contributed by atoms with E-state index in [4.69, 9.17) is 0 Å². The minimum Gasteiger partial charge on any atom is -0.552 e. The molecule has 0 aliphatic heterocycles. The molecule has 72 valence electrons. The molecule has 0 saturated carbocycles. The summed E-state index contributed by atoms with van der Waals surface area (Å²) in [6.07, 6.45) is 0. The van der Waals surface area contributed by atoms with Gasteiger partial charge < -0.3 is 4.74 Å². The Balaban J connectivity index is 0. The van der Waals surface area contributed by atoms with Crippen LogP contribution in [0.25, 0.3) is 0 Å². The molecule has 6 heteroatoms. The molecule has 1 aromatic carbocycles. The molecule has 0 spiro atoms. The van der Waals surface area contributed by atoms with Gasteiger partial charge in [-0.05, 0) is 5.56 Å².